The van der Waals surface area contributed by atoms with Gasteiger partial charge in [-0.25, -0.2) is 9.38 Å². The molecule has 3 rings (SSSR count). The molecule has 2 N–H and O–H groups in total. The van der Waals surface area contributed by atoms with Crippen molar-refractivity contribution in [1.82, 2.24) is 4.90 Å². The summed E-state index contributed by atoms with van der Waals surface area (Å²) in [7, 11) is 0. The second kappa shape index (κ2) is 7.67. The van der Waals surface area contributed by atoms with Gasteiger partial charge in [0.1, 0.15) is 5.82 Å². The zero-order valence-corrected chi connectivity index (χ0v) is 15.0. The second-order valence-corrected chi connectivity index (χ2v) is 6.69. The van der Waals surface area contributed by atoms with Gasteiger partial charge in [0.2, 0.25) is 0 Å². The van der Waals surface area contributed by atoms with Gasteiger partial charge in [0.05, 0.1) is 6.04 Å². The van der Waals surface area contributed by atoms with Crippen LogP contribution in [0.25, 0.3) is 0 Å². The van der Waals surface area contributed by atoms with Crippen molar-refractivity contribution in [2.45, 2.75) is 24.8 Å². The summed E-state index contributed by atoms with van der Waals surface area (Å²) >= 11 is 1.97. The topological polar surface area (TPSA) is 41.6 Å². The first-order chi connectivity index (χ1) is 9.72. The molecule has 3 nitrogen and oxygen atoms in total. The van der Waals surface area contributed by atoms with Crippen molar-refractivity contribution in [3.63, 3.8) is 0 Å². The van der Waals surface area contributed by atoms with Gasteiger partial charge in [-0.3, -0.25) is 0 Å². The lowest BCUT2D eigenvalue weighted by Crippen LogP contribution is -2.44. The molecule has 1 heterocycles. The third-order valence-electron chi connectivity index (χ3n) is 4.10. The van der Waals surface area contributed by atoms with Crippen LogP contribution in [0.5, 0.6) is 0 Å². The zero-order valence-electron chi connectivity index (χ0n) is 11.9. The van der Waals surface area contributed by atoms with Crippen LogP contribution in [0.2, 0.25) is 0 Å². The minimum absolute atomic E-state index is 0. The van der Waals surface area contributed by atoms with E-state index in [4.69, 9.17) is 5.73 Å². The highest BCUT2D eigenvalue weighted by molar-refractivity contribution is 14.0. The Morgan fingerprint density at radius 2 is 1.81 bits per heavy atom. The fraction of sp³-hybridized carbons (Fsp3) is 0.533. The van der Waals surface area contributed by atoms with E-state index in [1.807, 2.05) is 23.9 Å². The third kappa shape index (κ3) is 4.25. The molecule has 0 bridgehead atoms. The first-order valence-corrected chi connectivity index (χ1v) is 8.29. The average molecular weight is 421 g/mol. The van der Waals surface area contributed by atoms with Gasteiger partial charge >= 0.3 is 0 Å². The van der Waals surface area contributed by atoms with Crippen LogP contribution in [-0.2, 0) is 0 Å². The summed E-state index contributed by atoms with van der Waals surface area (Å²) < 4.78 is 12.9. The smallest absolute Gasteiger partial charge is 0.191 e. The van der Waals surface area contributed by atoms with Gasteiger partial charge < -0.3 is 10.6 Å². The molecule has 1 aromatic carbocycles. The summed E-state index contributed by atoms with van der Waals surface area (Å²) in [5.74, 6) is 3.31. The molecule has 1 aliphatic carbocycles. The molecule has 116 valence electrons. The Hall–Kier alpha value is -0.500. The van der Waals surface area contributed by atoms with E-state index in [1.54, 1.807) is 0 Å². The Morgan fingerprint density at radius 1 is 1.19 bits per heavy atom. The van der Waals surface area contributed by atoms with E-state index in [0.717, 1.165) is 37.4 Å². The van der Waals surface area contributed by atoms with Crippen molar-refractivity contribution in [2.75, 3.05) is 24.6 Å². The van der Waals surface area contributed by atoms with Crippen molar-refractivity contribution in [3.05, 3.63) is 35.6 Å². The highest BCUT2D eigenvalue weighted by atomic mass is 127. The Labute approximate surface area is 146 Å². The third-order valence-corrected chi connectivity index (χ3v) is 5.05. The van der Waals surface area contributed by atoms with Crippen LogP contribution in [0.4, 0.5) is 4.39 Å². The zero-order chi connectivity index (χ0) is 13.9. The van der Waals surface area contributed by atoms with Crippen LogP contribution in [0, 0.1) is 5.82 Å². The highest BCUT2D eigenvalue weighted by Crippen LogP contribution is 2.38. The molecule has 0 unspecified atom stereocenters. The SMILES string of the molecule is I.NC(=NC1CC(c2ccc(F)cc2)C1)N1CCSCC1. The largest absolute Gasteiger partial charge is 0.370 e. The predicted octanol–water partition coefficient (Wildman–Crippen LogP) is 3.05. The van der Waals surface area contributed by atoms with Crippen LogP contribution in [0.15, 0.2) is 29.3 Å². The first kappa shape index (κ1) is 16.9. The number of nitrogens with zero attached hydrogens (tertiary/aromatic N) is 2. The number of nitrogens with two attached hydrogens (primary N) is 1. The summed E-state index contributed by atoms with van der Waals surface area (Å²) in [6.07, 6.45) is 2.05. The van der Waals surface area contributed by atoms with E-state index in [0.29, 0.717) is 17.9 Å². The van der Waals surface area contributed by atoms with Crippen molar-refractivity contribution in [2.24, 2.45) is 10.7 Å². The summed E-state index contributed by atoms with van der Waals surface area (Å²) in [4.78, 5) is 6.82. The van der Waals surface area contributed by atoms with E-state index in [-0.39, 0.29) is 29.8 Å². The normalized spacial score (nSPS) is 26.0. The van der Waals surface area contributed by atoms with Crippen molar-refractivity contribution >= 4 is 41.7 Å². The van der Waals surface area contributed by atoms with Gasteiger partial charge in [0.25, 0.3) is 0 Å². The number of benzene rings is 1. The highest BCUT2D eigenvalue weighted by Gasteiger charge is 2.30. The molecular weight excluding hydrogens is 400 g/mol. The fourth-order valence-electron chi connectivity index (χ4n) is 2.76. The van der Waals surface area contributed by atoms with Gasteiger partial charge in [0, 0.05) is 24.6 Å². The Bertz CT molecular complexity index is 482. The summed E-state index contributed by atoms with van der Waals surface area (Å²) in [5.41, 5.74) is 7.29. The number of thioether (sulfide) groups is 1. The standard InChI is InChI=1S/C15H20FN3S.HI/c16-13-3-1-11(2-4-13)12-9-14(10-12)18-15(17)19-5-7-20-8-6-19;/h1-4,12,14H,5-10H2,(H2,17,18);1H. The molecule has 1 saturated heterocycles. The average Bonchev–Trinajstić information content (AvgIpc) is 2.44. The molecule has 2 fully saturated rings. The van der Waals surface area contributed by atoms with E-state index < -0.39 is 0 Å². The van der Waals surface area contributed by atoms with Gasteiger partial charge in [-0.2, -0.15) is 11.8 Å². The lowest BCUT2D eigenvalue weighted by molar-refractivity contribution is 0.345. The van der Waals surface area contributed by atoms with Crippen LogP contribution in [0.1, 0.15) is 24.3 Å². The molecule has 1 aliphatic heterocycles. The maximum atomic E-state index is 12.9. The van der Waals surface area contributed by atoms with Gasteiger partial charge in [-0.05, 0) is 36.5 Å². The van der Waals surface area contributed by atoms with Crippen molar-refractivity contribution in [3.8, 4) is 0 Å². The van der Waals surface area contributed by atoms with Crippen LogP contribution in [-0.4, -0.2) is 41.5 Å². The molecular formula is C15H21FIN3S. The molecule has 0 amide bonds. The lowest BCUT2D eigenvalue weighted by Gasteiger charge is -2.35. The number of aliphatic imine (C=N–C) groups is 1. The first-order valence-electron chi connectivity index (χ1n) is 7.14. The fourth-order valence-corrected chi connectivity index (χ4v) is 3.66. The number of halogens is 2. The predicted molar refractivity (Wildman–Crippen MR) is 98.1 cm³/mol. The van der Waals surface area contributed by atoms with Crippen molar-refractivity contribution in [1.29, 1.82) is 0 Å². The van der Waals surface area contributed by atoms with Gasteiger partial charge in [-0.1, -0.05) is 12.1 Å². The van der Waals surface area contributed by atoms with E-state index in [9.17, 15) is 4.39 Å². The second-order valence-electron chi connectivity index (χ2n) is 5.46. The molecule has 21 heavy (non-hydrogen) atoms. The van der Waals surface area contributed by atoms with Crippen LogP contribution < -0.4 is 5.73 Å². The maximum Gasteiger partial charge on any atom is 0.191 e. The van der Waals surface area contributed by atoms with Gasteiger partial charge in [-0.15, -0.1) is 24.0 Å². The number of hydrogen-bond donors (Lipinski definition) is 1. The lowest BCUT2D eigenvalue weighted by atomic mass is 9.76. The number of hydrogen-bond acceptors (Lipinski definition) is 2. The van der Waals surface area contributed by atoms with Crippen molar-refractivity contribution < 1.29 is 4.39 Å². The summed E-state index contributed by atoms with van der Waals surface area (Å²) in [5, 5.41) is 0. The van der Waals surface area contributed by atoms with E-state index in [1.165, 1.54) is 17.7 Å². The number of guanidine groups is 1. The molecule has 2 aliphatic rings. The molecule has 1 saturated carbocycles. The maximum absolute atomic E-state index is 12.9. The Balaban J connectivity index is 0.00000161. The van der Waals surface area contributed by atoms with E-state index in [2.05, 4.69) is 9.89 Å². The molecule has 0 atom stereocenters. The van der Waals surface area contributed by atoms with Crippen LogP contribution >= 0.6 is 35.7 Å². The Kier molecular flexibility index (Phi) is 6.16. The Morgan fingerprint density at radius 3 is 2.43 bits per heavy atom. The number of rotatable bonds is 2. The minimum Gasteiger partial charge on any atom is -0.370 e. The van der Waals surface area contributed by atoms with E-state index >= 15 is 0 Å². The molecule has 0 radical (unpaired) electrons. The minimum atomic E-state index is -0.171. The molecule has 1 aromatic rings. The van der Waals surface area contributed by atoms with Gasteiger partial charge in [0.15, 0.2) is 5.96 Å². The van der Waals surface area contributed by atoms with Crippen LogP contribution in [0.3, 0.4) is 0 Å². The monoisotopic (exact) mass is 421 g/mol. The molecule has 0 aromatic heterocycles. The quantitative estimate of drug-likeness (QED) is 0.454. The molecule has 0 spiro atoms. The summed E-state index contributed by atoms with van der Waals surface area (Å²) in [6.45, 7) is 2.02. The summed E-state index contributed by atoms with van der Waals surface area (Å²) in [6, 6.07) is 7.16. The molecule has 6 heteroatoms.